The van der Waals surface area contributed by atoms with E-state index in [1.54, 1.807) is 6.92 Å². The van der Waals surface area contributed by atoms with E-state index in [0.717, 1.165) is 25.9 Å². The molecule has 1 aliphatic rings. The maximum Gasteiger partial charge on any atom is 0.313 e. The summed E-state index contributed by atoms with van der Waals surface area (Å²) in [7, 11) is 0. The molecule has 0 amide bonds. The van der Waals surface area contributed by atoms with Crippen LogP contribution in [0.2, 0.25) is 0 Å². The number of hydrogen-bond acceptors (Lipinski definition) is 3. The normalized spacial score (nSPS) is 18.2. The van der Waals surface area contributed by atoms with Gasteiger partial charge in [-0.15, -0.1) is 0 Å². The topological polar surface area (TPSA) is 53.4 Å². The van der Waals surface area contributed by atoms with Gasteiger partial charge in [0.15, 0.2) is 0 Å². The zero-order valence-electron chi connectivity index (χ0n) is 11.5. The first-order valence-electron chi connectivity index (χ1n) is 7.22. The van der Waals surface area contributed by atoms with Crippen LogP contribution in [-0.2, 0) is 9.53 Å². The average Bonchev–Trinajstić information content (AvgIpc) is 2.36. The molecule has 0 aromatic heterocycles. The predicted octanol–water partition coefficient (Wildman–Crippen LogP) is 2.96. The Balaban J connectivity index is 2.38. The van der Waals surface area contributed by atoms with Crippen LogP contribution in [0, 0.1) is 5.41 Å². The van der Waals surface area contributed by atoms with Crippen LogP contribution in [-0.4, -0.2) is 36.4 Å². The summed E-state index contributed by atoms with van der Waals surface area (Å²) < 4.78 is 4.90. The Bertz CT molecular complexity index is 257. The Labute approximate surface area is 110 Å². The molecule has 0 atom stereocenters. The van der Waals surface area contributed by atoms with E-state index in [2.05, 4.69) is 4.90 Å². The van der Waals surface area contributed by atoms with Gasteiger partial charge in [-0.1, -0.05) is 32.1 Å². The molecule has 4 nitrogen and oxygen atoms in total. The lowest BCUT2D eigenvalue weighted by atomic mass is 10.1. The number of nitrogens with zero attached hydrogens (tertiary/aromatic N) is 1. The molecule has 0 radical (unpaired) electrons. The van der Waals surface area contributed by atoms with Crippen molar-refractivity contribution in [2.24, 2.45) is 0 Å². The number of amidine groups is 1. The largest absolute Gasteiger partial charge is 0.466 e. The van der Waals surface area contributed by atoms with Gasteiger partial charge in [0.25, 0.3) is 0 Å². The Hall–Kier alpha value is -1.06. The molecule has 0 aliphatic carbocycles. The summed E-state index contributed by atoms with van der Waals surface area (Å²) >= 11 is 0. The third-order valence-electron chi connectivity index (χ3n) is 3.35. The van der Waals surface area contributed by atoms with E-state index in [4.69, 9.17) is 10.1 Å². The lowest BCUT2D eigenvalue weighted by molar-refractivity contribution is -0.141. The van der Waals surface area contributed by atoms with Crippen molar-refractivity contribution in [3.63, 3.8) is 0 Å². The number of carbonyl (C=O) groups is 1. The smallest absolute Gasteiger partial charge is 0.313 e. The minimum atomic E-state index is -0.278. The van der Waals surface area contributed by atoms with Gasteiger partial charge in [0.05, 0.1) is 6.61 Å². The first kappa shape index (κ1) is 15.0. The predicted molar refractivity (Wildman–Crippen MR) is 72.9 cm³/mol. The lowest BCUT2D eigenvalue weighted by Gasteiger charge is -2.25. The fraction of sp³-hybridized carbons (Fsp3) is 0.857. The number of nitrogens with one attached hydrogen (secondary N) is 1. The highest BCUT2D eigenvalue weighted by molar-refractivity contribution is 5.95. The first-order valence-corrected chi connectivity index (χ1v) is 7.22. The molecule has 18 heavy (non-hydrogen) atoms. The minimum absolute atomic E-state index is 0.119. The molecule has 0 aromatic carbocycles. The zero-order chi connectivity index (χ0) is 13.2. The van der Waals surface area contributed by atoms with E-state index in [-0.39, 0.29) is 12.4 Å². The van der Waals surface area contributed by atoms with Gasteiger partial charge in [-0.25, -0.2) is 0 Å². The minimum Gasteiger partial charge on any atom is -0.466 e. The Morgan fingerprint density at radius 1 is 1.06 bits per heavy atom. The summed E-state index contributed by atoms with van der Waals surface area (Å²) in [5, 5.41) is 8.01. The molecule has 0 spiro atoms. The van der Waals surface area contributed by atoms with Crippen molar-refractivity contribution in [1.29, 1.82) is 5.41 Å². The second-order valence-electron chi connectivity index (χ2n) is 4.89. The van der Waals surface area contributed by atoms with Gasteiger partial charge in [-0.2, -0.15) is 0 Å². The van der Waals surface area contributed by atoms with Gasteiger partial charge in [0.2, 0.25) is 0 Å². The molecule has 4 heteroatoms. The standard InChI is InChI=1S/C14H26N2O2/c1-2-18-14(17)12-13(15)16-10-8-6-4-3-5-7-9-11-16/h15H,2-12H2,1H3. The monoisotopic (exact) mass is 254 g/mol. The van der Waals surface area contributed by atoms with Crippen molar-refractivity contribution in [1.82, 2.24) is 4.90 Å². The van der Waals surface area contributed by atoms with E-state index in [9.17, 15) is 4.79 Å². The Morgan fingerprint density at radius 2 is 1.56 bits per heavy atom. The molecule has 0 unspecified atom stereocenters. The lowest BCUT2D eigenvalue weighted by Crippen LogP contribution is -2.34. The summed E-state index contributed by atoms with van der Waals surface area (Å²) in [5.74, 6) is 0.147. The second-order valence-corrected chi connectivity index (χ2v) is 4.89. The summed E-state index contributed by atoms with van der Waals surface area (Å²) in [5.41, 5.74) is 0. The average molecular weight is 254 g/mol. The van der Waals surface area contributed by atoms with E-state index < -0.39 is 0 Å². The van der Waals surface area contributed by atoms with Gasteiger partial charge in [0, 0.05) is 13.1 Å². The van der Waals surface area contributed by atoms with Gasteiger partial charge < -0.3 is 9.64 Å². The quantitative estimate of drug-likeness (QED) is 0.478. The Kier molecular flexibility index (Phi) is 7.46. The molecule has 1 N–H and O–H groups in total. The molecule has 1 aliphatic heterocycles. The van der Waals surface area contributed by atoms with Gasteiger partial charge in [-0.3, -0.25) is 10.2 Å². The van der Waals surface area contributed by atoms with Crippen molar-refractivity contribution < 1.29 is 9.53 Å². The van der Waals surface area contributed by atoms with Gasteiger partial charge in [-0.05, 0) is 19.8 Å². The Morgan fingerprint density at radius 3 is 2.06 bits per heavy atom. The molecule has 1 heterocycles. The van der Waals surface area contributed by atoms with Crippen LogP contribution < -0.4 is 0 Å². The van der Waals surface area contributed by atoms with E-state index in [0.29, 0.717) is 12.4 Å². The van der Waals surface area contributed by atoms with Crippen molar-refractivity contribution in [3.05, 3.63) is 0 Å². The molecule has 1 saturated heterocycles. The van der Waals surface area contributed by atoms with Crippen molar-refractivity contribution >= 4 is 11.8 Å². The molecule has 0 bridgehead atoms. The third-order valence-corrected chi connectivity index (χ3v) is 3.35. The SMILES string of the molecule is CCOC(=O)CC(=N)N1CCCCCCCCC1. The number of carbonyl (C=O) groups excluding carboxylic acids is 1. The molecule has 1 fully saturated rings. The second kappa shape index (κ2) is 8.95. The van der Waals surface area contributed by atoms with Crippen molar-refractivity contribution in [2.75, 3.05) is 19.7 Å². The molecule has 0 aromatic rings. The van der Waals surface area contributed by atoms with Crippen LogP contribution in [0.3, 0.4) is 0 Å². The molecular weight excluding hydrogens is 228 g/mol. The molecule has 1 rings (SSSR count). The number of rotatable bonds is 3. The van der Waals surface area contributed by atoms with Gasteiger partial charge in [0.1, 0.15) is 12.3 Å². The highest BCUT2D eigenvalue weighted by Crippen LogP contribution is 2.12. The van der Waals surface area contributed by atoms with Crippen LogP contribution in [0.15, 0.2) is 0 Å². The highest BCUT2D eigenvalue weighted by atomic mass is 16.5. The first-order chi connectivity index (χ1) is 8.74. The third kappa shape index (κ3) is 6.03. The van der Waals surface area contributed by atoms with Crippen LogP contribution in [0.1, 0.15) is 58.3 Å². The zero-order valence-corrected chi connectivity index (χ0v) is 11.5. The van der Waals surface area contributed by atoms with Crippen LogP contribution >= 0.6 is 0 Å². The van der Waals surface area contributed by atoms with Crippen molar-refractivity contribution in [2.45, 2.75) is 58.3 Å². The molecule has 104 valence electrons. The fourth-order valence-electron chi connectivity index (χ4n) is 2.33. The van der Waals surface area contributed by atoms with E-state index in [1.807, 2.05) is 0 Å². The van der Waals surface area contributed by atoms with Crippen LogP contribution in [0.25, 0.3) is 0 Å². The summed E-state index contributed by atoms with van der Waals surface area (Å²) in [6.45, 7) is 4.02. The summed E-state index contributed by atoms with van der Waals surface area (Å²) in [4.78, 5) is 13.4. The maximum atomic E-state index is 11.4. The van der Waals surface area contributed by atoms with E-state index >= 15 is 0 Å². The van der Waals surface area contributed by atoms with Crippen LogP contribution in [0.5, 0.6) is 0 Å². The number of hydrogen-bond donors (Lipinski definition) is 1. The van der Waals surface area contributed by atoms with E-state index in [1.165, 1.54) is 32.1 Å². The highest BCUT2D eigenvalue weighted by Gasteiger charge is 2.14. The fourth-order valence-corrected chi connectivity index (χ4v) is 2.33. The molecule has 0 saturated carbocycles. The number of ether oxygens (including phenoxy) is 1. The molecular formula is C14H26N2O2. The summed E-state index contributed by atoms with van der Waals surface area (Å²) in [6.07, 6.45) is 8.81. The summed E-state index contributed by atoms with van der Waals surface area (Å²) in [6, 6.07) is 0. The van der Waals surface area contributed by atoms with Crippen molar-refractivity contribution in [3.8, 4) is 0 Å². The maximum absolute atomic E-state index is 11.4. The van der Waals surface area contributed by atoms with Gasteiger partial charge >= 0.3 is 5.97 Å². The van der Waals surface area contributed by atoms with Crippen LogP contribution in [0.4, 0.5) is 0 Å². The number of esters is 1.